The molecule has 5 rings (SSSR count). The lowest BCUT2D eigenvalue weighted by Crippen LogP contribution is -2.25. The number of amides is 2. The molecular formula is C26H21N3O4. The lowest BCUT2D eigenvalue weighted by atomic mass is 10.1. The number of aromatic nitrogens is 1. The minimum absolute atomic E-state index is 0.00913. The van der Waals surface area contributed by atoms with Crippen LogP contribution in [0.5, 0.6) is 5.75 Å². The smallest absolute Gasteiger partial charge is 0.262 e. The van der Waals surface area contributed by atoms with E-state index >= 15 is 0 Å². The van der Waals surface area contributed by atoms with Crippen molar-refractivity contribution >= 4 is 23.2 Å². The molecule has 164 valence electrons. The Morgan fingerprint density at radius 1 is 0.970 bits per heavy atom. The molecule has 33 heavy (non-hydrogen) atoms. The van der Waals surface area contributed by atoms with Crippen molar-refractivity contribution in [2.24, 2.45) is 0 Å². The number of aryl methyl sites for hydroxylation is 1. The van der Waals surface area contributed by atoms with E-state index in [1.54, 1.807) is 18.2 Å². The summed E-state index contributed by atoms with van der Waals surface area (Å²) in [5.41, 5.74) is 3.75. The zero-order valence-corrected chi connectivity index (χ0v) is 17.7. The van der Waals surface area contributed by atoms with E-state index in [0.29, 0.717) is 35.2 Å². The van der Waals surface area contributed by atoms with E-state index in [-0.39, 0.29) is 24.8 Å². The third kappa shape index (κ3) is 4.62. The van der Waals surface area contributed by atoms with Gasteiger partial charge in [-0.2, -0.15) is 0 Å². The number of oxazole rings is 1. The molecule has 0 fully saturated rings. The van der Waals surface area contributed by atoms with Crippen molar-refractivity contribution in [3.05, 3.63) is 84.8 Å². The third-order valence-electron chi connectivity index (χ3n) is 5.22. The molecule has 2 N–H and O–H groups in total. The van der Waals surface area contributed by atoms with Crippen molar-refractivity contribution < 1.29 is 18.7 Å². The van der Waals surface area contributed by atoms with Crippen LogP contribution in [-0.2, 0) is 16.0 Å². The highest BCUT2D eigenvalue weighted by molar-refractivity contribution is 5.97. The van der Waals surface area contributed by atoms with Crippen molar-refractivity contribution in [3.8, 4) is 28.3 Å². The van der Waals surface area contributed by atoms with Gasteiger partial charge in [-0.1, -0.05) is 60.7 Å². The van der Waals surface area contributed by atoms with Gasteiger partial charge < -0.3 is 19.8 Å². The summed E-state index contributed by atoms with van der Waals surface area (Å²) < 4.78 is 11.4. The van der Waals surface area contributed by atoms with Gasteiger partial charge in [0.2, 0.25) is 5.91 Å². The molecule has 4 aromatic rings. The minimum atomic E-state index is -0.224. The van der Waals surface area contributed by atoms with Crippen LogP contribution in [0.4, 0.5) is 11.4 Å². The summed E-state index contributed by atoms with van der Waals surface area (Å²) >= 11 is 0. The summed E-state index contributed by atoms with van der Waals surface area (Å²) in [6.07, 6.45) is 0.548. The Morgan fingerprint density at radius 2 is 1.70 bits per heavy atom. The first kappa shape index (κ1) is 20.5. The standard InChI is InChI=1S/C26H21N3O4/c30-22(27-19-11-12-21-20(15-19)28-23(31)16-32-21)13-14-24-29-25(17-7-3-1-4-8-17)26(33-24)18-9-5-2-6-10-18/h1-12,15H,13-14,16H2,(H,27,30)(H,28,31). The van der Waals surface area contributed by atoms with Gasteiger partial charge >= 0.3 is 0 Å². The molecule has 0 bridgehead atoms. The van der Waals surface area contributed by atoms with E-state index in [0.717, 1.165) is 16.8 Å². The predicted octanol–water partition coefficient (Wildman–Crippen LogP) is 4.91. The Hall–Kier alpha value is -4.39. The van der Waals surface area contributed by atoms with Gasteiger partial charge in [0.15, 0.2) is 18.3 Å². The van der Waals surface area contributed by atoms with Crippen LogP contribution in [0.25, 0.3) is 22.6 Å². The molecule has 3 aromatic carbocycles. The first-order valence-electron chi connectivity index (χ1n) is 10.6. The SMILES string of the molecule is O=C(CCc1nc(-c2ccccc2)c(-c2ccccc2)o1)Nc1ccc2c(c1)NC(=O)CO2. The largest absolute Gasteiger partial charge is 0.482 e. The Balaban J connectivity index is 1.31. The molecule has 2 heterocycles. The molecule has 0 radical (unpaired) electrons. The second kappa shape index (κ2) is 9.00. The highest BCUT2D eigenvalue weighted by Crippen LogP contribution is 2.33. The van der Waals surface area contributed by atoms with Crippen LogP contribution in [0, 0.1) is 0 Å². The number of carbonyl (C=O) groups is 2. The Kier molecular flexibility index (Phi) is 5.59. The molecule has 2 amide bonds. The number of hydrogen-bond acceptors (Lipinski definition) is 5. The summed E-state index contributed by atoms with van der Waals surface area (Å²) in [5, 5.41) is 5.58. The van der Waals surface area contributed by atoms with Crippen LogP contribution in [0.2, 0.25) is 0 Å². The van der Waals surface area contributed by atoms with Gasteiger partial charge in [-0.3, -0.25) is 9.59 Å². The van der Waals surface area contributed by atoms with Gasteiger partial charge in [-0.25, -0.2) is 4.98 Å². The number of anilines is 2. The van der Waals surface area contributed by atoms with Gasteiger partial charge in [-0.05, 0) is 18.2 Å². The first-order valence-corrected chi connectivity index (χ1v) is 10.6. The summed E-state index contributed by atoms with van der Waals surface area (Å²) in [6, 6.07) is 24.8. The van der Waals surface area contributed by atoms with Crippen molar-refractivity contribution in [1.82, 2.24) is 4.98 Å². The number of nitrogens with one attached hydrogen (secondary N) is 2. The molecule has 7 heteroatoms. The van der Waals surface area contributed by atoms with Crippen LogP contribution in [0.3, 0.4) is 0 Å². The maximum Gasteiger partial charge on any atom is 0.262 e. The minimum Gasteiger partial charge on any atom is -0.482 e. The number of hydrogen-bond donors (Lipinski definition) is 2. The van der Waals surface area contributed by atoms with Crippen LogP contribution >= 0.6 is 0 Å². The maximum absolute atomic E-state index is 12.6. The molecular weight excluding hydrogens is 418 g/mol. The molecule has 7 nitrogen and oxygen atoms in total. The monoisotopic (exact) mass is 439 g/mol. The summed E-state index contributed by atoms with van der Waals surface area (Å²) in [4.78, 5) is 28.8. The predicted molar refractivity (Wildman–Crippen MR) is 125 cm³/mol. The summed E-state index contributed by atoms with van der Waals surface area (Å²) in [7, 11) is 0. The third-order valence-corrected chi connectivity index (χ3v) is 5.22. The van der Waals surface area contributed by atoms with Crippen LogP contribution in [0.1, 0.15) is 12.3 Å². The average Bonchev–Trinajstić information content (AvgIpc) is 3.28. The molecule has 0 atom stereocenters. The van der Waals surface area contributed by atoms with Crippen LogP contribution in [-0.4, -0.2) is 23.4 Å². The molecule has 0 aliphatic carbocycles. The van der Waals surface area contributed by atoms with Crippen molar-refractivity contribution in [2.45, 2.75) is 12.8 Å². The van der Waals surface area contributed by atoms with E-state index in [1.165, 1.54) is 0 Å². The zero-order chi connectivity index (χ0) is 22.6. The number of ether oxygens (including phenoxy) is 1. The second-order valence-electron chi connectivity index (χ2n) is 7.61. The van der Waals surface area contributed by atoms with Crippen LogP contribution in [0.15, 0.2) is 83.3 Å². The number of nitrogens with zero attached hydrogens (tertiary/aromatic N) is 1. The highest BCUT2D eigenvalue weighted by atomic mass is 16.5. The first-order chi connectivity index (χ1) is 16.2. The molecule has 0 saturated heterocycles. The molecule has 1 aliphatic heterocycles. The normalized spacial score (nSPS) is 12.4. The number of fused-ring (bicyclic) bond motifs is 1. The van der Waals surface area contributed by atoms with E-state index in [2.05, 4.69) is 10.6 Å². The van der Waals surface area contributed by atoms with Crippen LogP contribution < -0.4 is 15.4 Å². The summed E-state index contributed by atoms with van der Waals surface area (Å²) in [6.45, 7) is -0.00913. The number of benzene rings is 3. The fraction of sp³-hybridized carbons (Fsp3) is 0.115. The zero-order valence-electron chi connectivity index (χ0n) is 17.7. The van der Waals surface area contributed by atoms with E-state index in [9.17, 15) is 9.59 Å². The molecule has 0 spiro atoms. The Bertz CT molecular complexity index is 1240. The van der Waals surface area contributed by atoms with Gasteiger partial charge in [0.1, 0.15) is 11.4 Å². The van der Waals surface area contributed by atoms with Gasteiger partial charge in [0.25, 0.3) is 5.91 Å². The molecule has 0 saturated carbocycles. The summed E-state index contributed by atoms with van der Waals surface area (Å²) in [5.74, 6) is 1.35. The second-order valence-corrected chi connectivity index (χ2v) is 7.61. The molecule has 0 unspecified atom stereocenters. The molecule has 1 aromatic heterocycles. The quantitative estimate of drug-likeness (QED) is 0.445. The average molecular weight is 439 g/mol. The van der Waals surface area contributed by atoms with Crippen molar-refractivity contribution in [1.29, 1.82) is 0 Å². The highest BCUT2D eigenvalue weighted by Gasteiger charge is 2.19. The molecule has 1 aliphatic rings. The van der Waals surface area contributed by atoms with Gasteiger partial charge in [-0.15, -0.1) is 0 Å². The van der Waals surface area contributed by atoms with Crippen molar-refractivity contribution in [2.75, 3.05) is 17.2 Å². The Morgan fingerprint density at radius 3 is 2.45 bits per heavy atom. The van der Waals surface area contributed by atoms with E-state index in [4.69, 9.17) is 14.1 Å². The Labute approximate surface area is 190 Å². The fourth-order valence-electron chi connectivity index (χ4n) is 3.65. The van der Waals surface area contributed by atoms with Crippen molar-refractivity contribution in [3.63, 3.8) is 0 Å². The topological polar surface area (TPSA) is 93.5 Å². The number of rotatable bonds is 6. The van der Waals surface area contributed by atoms with E-state index in [1.807, 2.05) is 60.7 Å². The maximum atomic E-state index is 12.6. The van der Waals surface area contributed by atoms with Gasteiger partial charge in [0.05, 0.1) is 5.69 Å². The lowest BCUT2D eigenvalue weighted by molar-refractivity contribution is -0.118. The van der Waals surface area contributed by atoms with E-state index < -0.39 is 0 Å². The van der Waals surface area contributed by atoms with Gasteiger partial charge in [0, 0.05) is 29.7 Å². The number of carbonyl (C=O) groups excluding carboxylic acids is 2. The lowest BCUT2D eigenvalue weighted by Gasteiger charge is -2.18. The fourth-order valence-corrected chi connectivity index (χ4v) is 3.65.